The lowest BCUT2D eigenvalue weighted by atomic mass is 10.3. The fraction of sp³-hybridized carbons (Fsp3) is 0.125. The number of rotatable bonds is 0. The number of alkyl halides is 3. The SMILES string of the molecule is FC(F)(F)c1cc(Cl)c2ncc(Br)n2c1. The summed E-state index contributed by atoms with van der Waals surface area (Å²) in [6.07, 6.45) is -2.08. The van der Waals surface area contributed by atoms with E-state index in [4.69, 9.17) is 11.6 Å². The monoisotopic (exact) mass is 298 g/mol. The highest BCUT2D eigenvalue weighted by Gasteiger charge is 2.31. The topological polar surface area (TPSA) is 17.3 Å². The number of aromatic nitrogens is 2. The molecule has 80 valence electrons. The number of fused-ring (bicyclic) bond motifs is 1. The summed E-state index contributed by atoms with van der Waals surface area (Å²) in [6.45, 7) is 0. The van der Waals surface area contributed by atoms with Crippen molar-refractivity contribution >= 4 is 33.2 Å². The molecule has 0 fully saturated rings. The van der Waals surface area contributed by atoms with E-state index in [2.05, 4.69) is 20.9 Å². The Bertz CT molecular complexity index is 520. The molecule has 0 radical (unpaired) electrons. The van der Waals surface area contributed by atoms with Crippen molar-refractivity contribution in [2.75, 3.05) is 0 Å². The van der Waals surface area contributed by atoms with Crippen LogP contribution in [0.1, 0.15) is 5.56 Å². The second-order valence-corrected chi connectivity index (χ2v) is 4.07. The van der Waals surface area contributed by atoms with Crippen molar-refractivity contribution in [1.29, 1.82) is 0 Å². The van der Waals surface area contributed by atoms with Gasteiger partial charge in [0.2, 0.25) is 0 Å². The average Bonchev–Trinajstić information content (AvgIpc) is 2.47. The first-order valence-electron chi connectivity index (χ1n) is 3.79. The van der Waals surface area contributed by atoms with Crippen molar-refractivity contribution < 1.29 is 13.2 Å². The van der Waals surface area contributed by atoms with E-state index < -0.39 is 11.7 Å². The van der Waals surface area contributed by atoms with Crippen molar-refractivity contribution in [1.82, 2.24) is 9.38 Å². The third-order valence-corrected chi connectivity index (χ3v) is 2.71. The highest BCUT2D eigenvalue weighted by molar-refractivity contribution is 9.10. The molecule has 0 saturated carbocycles. The van der Waals surface area contributed by atoms with Crippen molar-refractivity contribution in [2.24, 2.45) is 0 Å². The molecule has 0 spiro atoms. The van der Waals surface area contributed by atoms with Gasteiger partial charge >= 0.3 is 6.18 Å². The fourth-order valence-corrected chi connectivity index (χ4v) is 1.80. The van der Waals surface area contributed by atoms with Crippen LogP contribution in [-0.2, 0) is 6.18 Å². The van der Waals surface area contributed by atoms with E-state index >= 15 is 0 Å². The maximum Gasteiger partial charge on any atom is 0.417 e. The predicted octanol–water partition coefficient (Wildman–Crippen LogP) is 3.77. The van der Waals surface area contributed by atoms with Gasteiger partial charge in [-0.05, 0) is 22.0 Å². The Morgan fingerprint density at radius 1 is 1.40 bits per heavy atom. The molecular formula is C8H3BrClF3N2. The Balaban J connectivity index is 2.76. The third kappa shape index (κ3) is 1.83. The van der Waals surface area contributed by atoms with Gasteiger partial charge < -0.3 is 0 Å². The van der Waals surface area contributed by atoms with Gasteiger partial charge in [0.25, 0.3) is 0 Å². The van der Waals surface area contributed by atoms with E-state index in [9.17, 15) is 13.2 Å². The van der Waals surface area contributed by atoms with E-state index in [1.807, 2.05) is 0 Å². The zero-order valence-electron chi connectivity index (χ0n) is 7.02. The van der Waals surface area contributed by atoms with Gasteiger partial charge in [0.05, 0.1) is 16.8 Å². The van der Waals surface area contributed by atoms with Crippen LogP contribution < -0.4 is 0 Å². The minimum atomic E-state index is -4.42. The van der Waals surface area contributed by atoms with Gasteiger partial charge in [-0.3, -0.25) is 4.40 Å². The van der Waals surface area contributed by atoms with Crippen LogP contribution in [0.15, 0.2) is 23.1 Å². The molecule has 0 saturated heterocycles. The first-order chi connectivity index (χ1) is 6.89. The van der Waals surface area contributed by atoms with Gasteiger partial charge in [-0.2, -0.15) is 13.2 Å². The molecule has 0 aliphatic heterocycles. The van der Waals surface area contributed by atoms with Crippen LogP contribution in [0.2, 0.25) is 5.02 Å². The smallest absolute Gasteiger partial charge is 0.292 e. The van der Waals surface area contributed by atoms with Crippen molar-refractivity contribution in [3.05, 3.63) is 33.6 Å². The fourth-order valence-electron chi connectivity index (χ4n) is 1.17. The average molecular weight is 299 g/mol. The largest absolute Gasteiger partial charge is 0.417 e. The molecule has 0 atom stereocenters. The molecule has 2 aromatic rings. The summed E-state index contributed by atoms with van der Waals surface area (Å²) in [4.78, 5) is 3.86. The summed E-state index contributed by atoms with van der Waals surface area (Å²) in [7, 11) is 0. The predicted molar refractivity (Wildman–Crippen MR) is 52.9 cm³/mol. The maximum atomic E-state index is 12.4. The molecule has 0 bridgehead atoms. The number of halogens is 5. The lowest BCUT2D eigenvalue weighted by molar-refractivity contribution is -0.137. The molecule has 2 aromatic heterocycles. The highest BCUT2D eigenvalue weighted by atomic mass is 79.9. The molecule has 0 aliphatic rings. The van der Waals surface area contributed by atoms with Crippen LogP contribution in [0.4, 0.5) is 13.2 Å². The first-order valence-corrected chi connectivity index (χ1v) is 4.96. The molecule has 15 heavy (non-hydrogen) atoms. The Morgan fingerprint density at radius 3 is 2.67 bits per heavy atom. The second kappa shape index (κ2) is 3.38. The van der Waals surface area contributed by atoms with Crippen molar-refractivity contribution in [3.63, 3.8) is 0 Å². The standard InChI is InChI=1S/C8H3BrClF3N2/c9-6-2-14-7-5(10)1-4(3-15(6)7)8(11,12)13/h1-3H. The van der Waals surface area contributed by atoms with Crippen molar-refractivity contribution in [2.45, 2.75) is 6.18 Å². The summed E-state index contributed by atoms with van der Waals surface area (Å²) < 4.78 is 38.9. The third-order valence-electron chi connectivity index (χ3n) is 1.84. The molecule has 0 amide bonds. The Kier molecular flexibility index (Phi) is 2.42. The molecule has 2 heterocycles. The number of hydrogen-bond donors (Lipinski definition) is 0. The van der Waals surface area contributed by atoms with Crippen LogP contribution in [-0.4, -0.2) is 9.38 Å². The van der Waals surface area contributed by atoms with E-state index in [0.29, 0.717) is 4.60 Å². The van der Waals surface area contributed by atoms with E-state index in [1.54, 1.807) is 0 Å². The lowest BCUT2D eigenvalue weighted by Gasteiger charge is -2.08. The minimum absolute atomic E-state index is 0.0319. The Morgan fingerprint density at radius 2 is 2.07 bits per heavy atom. The minimum Gasteiger partial charge on any atom is -0.292 e. The molecule has 2 nitrogen and oxygen atoms in total. The van der Waals surface area contributed by atoms with Crippen LogP contribution in [0.5, 0.6) is 0 Å². The molecule has 0 aromatic carbocycles. The molecule has 0 aliphatic carbocycles. The zero-order chi connectivity index (χ0) is 11.2. The number of pyridine rings is 1. The number of hydrogen-bond acceptors (Lipinski definition) is 1. The quantitative estimate of drug-likeness (QED) is 0.724. The van der Waals surface area contributed by atoms with Gasteiger partial charge in [-0.15, -0.1) is 0 Å². The van der Waals surface area contributed by atoms with Gasteiger partial charge in [-0.25, -0.2) is 4.98 Å². The first kappa shape index (κ1) is 10.8. The molecular weight excluding hydrogens is 296 g/mol. The Hall–Kier alpha value is -0.750. The van der Waals surface area contributed by atoms with E-state index in [0.717, 1.165) is 12.3 Å². The van der Waals surface area contributed by atoms with Gasteiger partial charge in [0.1, 0.15) is 4.60 Å². The van der Waals surface area contributed by atoms with E-state index in [1.165, 1.54) is 10.6 Å². The molecule has 0 unspecified atom stereocenters. The summed E-state index contributed by atoms with van der Waals surface area (Å²) in [5, 5.41) is -0.0319. The lowest BCUT2D eigenvalue weighted by Crippen LogP contribution is -2.06. The Labute approximate surface area is 95.8 Å². The van der Waals surface area contributed by atoms with Crippen molar-refractivity contribution in [3.8, 4) is 0 Å². The molecule has 0 N–H and O–H groups in total. The highest BCUT2D eigenvalue weighted by Crippen LogP contribution is 2.32. The van der Waals surface area contributed by atoms with E-state index in [-0.39, 0.29) is 10.7 Å². The van der Waals surface area contributed by atoms with Gasteiger partial charge in [0, 0.05) is 6.20 Å². The number of nitrogens with zero attached hydrogens (tertiary/aromatic N) is 2. The number of imidazole rings is 1. The summed E-state index contributed by atoms with van der Waals surface area (Å²) in [5.74, 6) is 0. The van der Waals surface area contributed by atoms with Gasteiger partial charge in [0.15, 0.2) is 5.65 Å². The summed E-state index contributed by atoms with van der Waals surface area (Å²) in [6, 6.07) is 0.857. The van der Waals surface area contributed by atoms with Crippen LogP contribution in [0.25, 0.3) is 5.65 Å². The van der Waals surface area contributed by atoms with Crippen LogP contribution in [0.3, 0.4) is 0 Å². The zero-order valence-corrected chi connectivity index (χ0v) is 9.36. The molecule has 7 heteroatoms. The van der Waals surface area contributed by atoms with Crippen LogP contribution >= 0.6 is 27.5 Å². The maximum absolute atomic E-state index is 12.4. The normalized spacial score (nSPS) is 12.3. The second-order valence-electron chi connectivity index (χ2n) is 2.85. The summed E-state index contributed by atoms with van der Waals surface area (Å²) in [5.41, 5.74) is -0.518. The van der Waals surface area contributed by atoms with Crippen LogP contribution in [0, 0.1) is 0 Å². The summed E-state index contributed by atoms with van der Waals surface area (Å²) >= 11 is 8.75. The molecule has 2 rings (SSSR count). The van der Waals surface area contributed by atoms with Gasteiger partial charge in [-0.1, -0.05) is 11.6 Å².